The fourth-order valence-corrected chi connectivity index (χ4v) is 1.97. The Morgan fingerprint density at radius 3 is 2.62 bits per heavy atom. The van der Waals surface area contributed by atoms with E-state index in [1.165, 1.54) is 6.07 Å². The molecule has 0 atom stereocenters. The van der Waals surface area contributed by atoms with Crippen molar-refractivity contribution in [3.05, 3.63) is 45.2 Å². The van der Waals surface area contributed by atoms with Crippen molar-refractivity contribution >= 4 is 10.9 Å². The monoisotopic (exact) mass is 223 g/mol. The predicted octanol–water partition coefficient (Wildman–Crippen LogP) is 2.68. The molecule has 1 heterocycles. The Morgan fingerprint density at radius 2 is 2.00 bits per heavy atom. The molecule has 1 aromatic carbocycles. The number of H-pyrrole nitrogens is 1. The Balaban J connectivity index is 3.01. The number of hydrogen-bond acceptors (Lipinski definition) is 1. The normalized spacial score (nSPS) is 11.0. The van der Waals surface area contributed by atoms with E-state index in [9.17, 15) is 13.6 Å². The molecule has 2 nitrogen and oxygen atoms in total. The topological polar surface area (TPSA) is 32.9 Å². The fraction of sp³-hybridized carbons (Fsp3) is 0.250. The standard InChI is InChI=1S/C12H11F2NO/c1-3-7-6(2)10-9(15-12(7)16)5-4-8(13)11(10)14/h4-5H,3H2,1-2H3,(H,15,16). The van der Waals surface area contributed by atoms with Crippen LogP contribution >= 0.6 is 0 Å². The summed E-state index contributed by atoms with van der Waals surface area (Å²) in [6, 6.07) is 2.39. The average Bonchev–Trinajstić information content (AvgIpc) is 2.24. The molecule has 0 amide bonds. The van der Waals surface area contributed by atoms with Crippen molar-refractivity contribution in [1.82, 2.24) is 4.98 Å². The van der Waals surface area contributed by atoms with Gasteiger partial charge in [0.05, 0.1) is 5.52 Å². The number of aromatic nitrogens is 1. The summed E-state index contributed by atoms with van der Waals surface area (Å²) in [6.07, 6.45) is 0.493. The molecule has 0 aliphatic rings. The molecule has 0 saturated carbocycles. The highest BCUT2D eigenvalue weighted by Gasteiger charge is 2.13. The van der Waals surface area contributed by atoms with Gasteiger partial charge in [-0.15, -0.1) is 0 Å². The van der Waals surface area contributed by atoms with Crippen molar-refractivity contribution in [3.8, 4) is 0 Å². The Labute approximate surface area is 90.9 Å². The van der Waals surface area contributed by atoms with E-state index in [1.54, 1.807) is 13.8 Å². The minimum Gasteiger partial charge on any atom is -0.322 e. The van der Waals surface area contributed by atoms with Crippen LogP contribution in [-0.2, 0) is 6.42 Å². The molecule has 84 valence electrons. The van der Waals surface area contributed by atoms with Crippen LogP contribution in [0.25, 0.3) is 10.9 Å². The van der Waals surface area contributed by atoms with Crippen molar-refractivity contribution < 1.29 is 8.78 Å². The third-order valence-corrected chi connectivity index (χ3v) is 2.80. The van der Waals surface area contributed by atoms with Crippen molar-refractivity contribution in [2.45, 2.75) is 20.3 Å². The van der Waals surface area contributed by atoms with Crippen molar-refractivity contribution in [2.75, 3.05) is 0 Å². The lowest BCUT2D eigenvalue weighted by molar-refractivity contribution is 0.516. The second-order valence-electron chi connectivity index (χ2n) is 3.70. The van der Waals surface area contributed by atoms with E-state index in [2.05, 4.69) is 4.98 Å². The number of pyridine rings is 1. The molecule has 0 radical (unpaired) electrons. The van der Waals surface area contributed by atoms with E-state index in [0.717, 1.165) is 6.07 Å². The second-order valence-corrected chi connectivity index (χ2v) is 3.70. The van der Waals surface area contributed by atoms with Gasteiger partial charge in [-0.1, -0.05) is 6.92 Å². The maximum atomic E-state index is 13.6. The summed E-state index contributed by atoms with van der Waals surface area (Å²) >= 11 is 0. The summed E-state index contributed by atoms with van der Waals surface area (Å²) in [7, 11) is 0. The van der Waals surface area contributed by atoms with E-state index in [0.29, 0.717) is 23.1 Å². The molecule has 0 unspecified atom stereocenters. The molecule has 0 saturated heterocycles. The van der Waals surface area contributed by atoms with Gasteiger partial charge in [0, 0.05) is 10.9 Å². The third kappa shape index (κ3) is 1.41. The van der Waals surface area contributed by atoms with Gasteiger partial charge in [-0.2, -0.15) is 0 Å². The Bertz CT molecular complexity index is 616. The first-order valence-corrected chi connectivity index (χ1v) is 5.05. The van der Waals surface area contributed by atoms with Gasteiger partial charge in [-0.25, -0.2) is 8.78 Å². The van der Waals surface area contributed by atoms with Crippen molar-refractivity contribution in [2.24, 2.45) is 0 Å². The number of fused-ring (bicyclic) bond motifs is 1. The molecule has 0 aliphatic carbocycles. The number of aryl methyl sites for hydroxylation is 1. The molecule has 0 fully saturated rings. The lowest BCUT2D eigenvalue weighted by atomic mass is 10.0. The van der Waals surface area contributed by atoms with Gasteiger partial charge in [-0.05, 0) is 31.0 Å². The van der Waals surface area contributed by atoms with Gasteiger partial charge in [0.2, 0.25) is 0 Å². The van der Waals surface area contributed by atoms with Crippen LogP contribution in [0.4, 0.5) is 8.78 Å². The van der Waals surface area contributed by atoms with Crippen LogP contribution in [-0.4, -0.2) is 4.98 Å². The minimum atomic E-state index is -0.902. The van der Waals surface area contributed by atoms with E-state index >= 15 is 0 Å². The average molecular weight is 223 g/mol. The fourth-order valence-electron chi connectivity index (χ4n) is 1.97. The van der Waals surface area contributed by atoms with Gasteiger partial charge in [-0.3, -0.25) is 4.79 Å². The number of aromatic amines is 1. The molecule has 0 bridgehead atoms. The van der Waals surface area contributed by atoms with E-state index in [1.807, 2.05) is 0 Å². The van der Waals surface area contributed by atoms with Crippen molar-refractivity contribution in [3.63, 3.8) is 0 Å². The summed E-state index contributed by atoms with van der Waals surface area (Å²) in [5.74, 6) is -1.80. The Morgan fingerprint density at radius 1 is 1.31 bits per heavy atom. The lowest BCUT2D eigenvalue weighted by Gasteiger charge is -2.08. The maximum absolute atomic E-state index is 13.6. The number of benzene rings is 1. The molecule has 1 aromatic heterocycles. The third-order valence-electron chi connectivity index (χ3n) is 2.80. The Kier molecular flexibility index (Phi) is 2.50. The van der Waals surface area contributed by atoms with Gasteiger partial charge in [0.25, 0.3) is 5.56 Å². The molecular formula is C12H11F2NO. The first-order chi connectivity index (χ1) is 7.56. The molecule has 2 aromatic rings. The van der Waals surface area contributed by atoms with Crippen LogP contribution in [0.2, 0.25) is 0 Å². The van der Waals surface area contributed by atoms with E-state index < -0.39 is 11.6 Å². The molecule has 4 heteroatoms. The first kappa shape index (κ1) is 10.8. The quantitative estimate of drug-likeness (QED) is 0.792. The zero-order valence-electron chi connectivity index (χ0n) is 9.03. The molecule has 0 aliphatic heterocycles. The highest BCUT2D eigenvalue weighted by Crippen LogP contribution is 2.22. The molecule has 16 heavy (non-hydrogen) atoms. The summed E-state index contributed by atoms with van der Waals surface area (Å²) in [5, 5.41) is 0.163. The van der Waals surface area contributed by atoms with Crippen LogP contribution in [0.3, 0.4) is 0 Å². The summed E-state index contributed by atoms with van der Waals surface area (Å²) in [6.45, 7) is 3.44. The molecule has 0 spiro atoms. The largest absolute Gasteiger partial charge is 0.322 e. The van der Waals surface area contributed by atoms with E-state index in [-0.39, 0.29) is 10.9 Å². The van der Waals surface area contributed by atoms with Crippen LogP contribution in [0, 0.1) is 18.6 Å². The number of halogens is 2. The smallest absolute Gasteiger partial charge is 0.251 e. The summed E-state index contributed by atoms with van der Waals surface area (Å²) in [4.78, 5) is 14.2. The number of nitrogens with one attached hydrogen (secondary N) is 1. The molecular weight excluding hydrogens is 212 g/mol. The first-order valence-electron chi connectivity index (χ1n) is 5.05. The second kappa shape index (κ2) is 3.70. The summed E-state index contributed by atoms with van der Waals surface area (Å²) in [5.41, 5.74) is 1.10. The van der Waals surface area contributed by atoms with Gasteiger partial charge in [0.15, 0.2) is 11.6 Å². The zero-order chi connectivity index (χ0) is 11.9. The van der Waals surface area contributed by atoms with Gasteiger partial charge in [0.1, 0.15) is 0 Å². The highest BCUT2D eigenvalue weighted by molar-refractivity contribution is 5.83. The Hall–Kier alpha value is -1.71. The SMILES string of the molecule is CCc1c(C)c2c(F)c(F)ccc2[nH]c1=O. The van der Waals surface area contributed by atoms with Gasteiger partial charge < -0.3 is 4.98 Å². The molecule has 1 N–H and O–H groups in total. The van der Waals surface area contributed by atoms with Crippen LogP contribution in [0.1, 0.15) is 18.1 Å². The predicted molar refractivity (Wildman–Crippen MR) is 58.6 cm³/mol. The number of hydrogen-bond donors (Lipinski definition) is 1. The van der Waals surface area contributed by atoms with Crippen LogP contribution in [0.5, 0.6) is 0 Å². The minimum absolute atomic E-state index is 0.163. The lowest BCUT2D eigenvalue weighted by Crippen LogP contribution is -2.14. The van der Waals surface area contributed by atoms with Crippen molar-refractivity contribution in [1.29, 1.82) is 0 Å². The maximum Gasteiger partial charge on any atom is 0.251 e. The summed E-state index contributed by atoms with van der Waals surface area (Å²) < 4.78 is 26.7. The van der Waals surface area contributed by atoms with E-state index in [4.69, 9.17) is 0 Å². The molecule has 2 rings (SSSR count). The highest BCUT2D eigenvalue weighted by atomic mass is 19.2. The van der Waals surface area contributed by atoms with Gasteiger partial charge >= 0.3 is 0 Å². The van der Waals surface area contributed by atoms with Crippen LogP contribution < -0.4 is 5.56 Å². The number of rotatable bonds is 1. The van der Waals surface area contributed by atoms with Crippen LogP contribution in [0.15, 0.2) is 16.9 Å². The zero-order valence-corrected chi connectivity index (χ0v) is 9.03.